The van der Waals surface area contributed by atoms with Crippen LogP contribution in [0.3, 0.4) is 0 Å². The molecule has 0 spiro atoms. The largest absolute Gasteiger partial charge is 0.337 e. The van der Waals surface area contributed by atoms with E-state index in [0.717, 1.165) is 25.3 Å². The molecule has 3 heteroatoms. The number of fused-ring (bicyclic) bond motifs is 1. The van der Waals surface area contributed by atoms with Crippen LogP contribution in [0.1, 0.15) is 5.56 Å². The summed E-state index contributed by atoms with van der Waals surface area (Å²) in [5.74, 6) is 0.831. The van der Waals surface area contributed by atoms with Crippen LogP contribution in [0.5, 0.6) is 5.75 Å². The van der Waals surface area contributed by atoms with E-state index in [0.29, 0.717) is 0 Å². The monoisotopic (exact) mass is 205 g/mol. The molecule has 1 aromatic rings. The van der Waals surface area contributed by atoms with Crippen molar-refractivity contribution in [1.82, 2.24) is 5.32 Å². The first kappa shape index (κ1) is 10.2. The lowest BCUT2D eigenvalue weighted by molar-refractivity contribution is -0.252. The zero-order valence-corrected chi connectivity index (χ0v) is 8.61. The molecule has 1 aromatic carbocycles. The Kier molecular flexibility index (Phi) is 3.37. The van der Waals surface area contributed by atoms with Gasteiger partial charge >= 0.3 is 0 Å². The molecule has 1 heterocycles. The van der Waals surface area contributed by atoms with E-state index in [1.54, 1.807) is 0 Å². The molecule has 0 amide bonds. The molecule has 1 aliphatic rings. The minimum absolute atomic E-state index is 0.0832. The van der Waals surface area contributed by atoms with Crippen molar-refractivity contribution in [3.63, 3.8) is 0 Å². The van der Waals surface area contributed by atoms with E-state index in [2.05, 4.69) is 18.0 Å². The first-order valence-electron chi connectivity index (χ1n) is 5.13. The van der Waals surface area contributed by atoms with Crippen molar-refractivity contribution in [2.24, 2.45) is 0 Å². The SMILES string of the molecule is C=CCNCC1Cc2ccccc2OO1. The minimum Gasteiger partial charge on any atom is -0.337 e. The highest BCUT2D eigenvalue weighted by molar-refractivity contribution is 5.34. The maximum atomic E-state index is 5.25. The fourth-order valence-corrected chi connectivity index (χ4v) is 1.61. The summed E-state index contributed by atoms with van der Waals surface area (Å²) in [6, 6.07) is 7.95. The van der Waals surface area contributed by atoms with Crippen molar-refractivity contribution < 1.29 is 9.78 Å². The van der Waals surface area contributed by atoms with E-state index in [1.165, 1.54) is 5.56 Å². The van der Waals surface area contributed by atoms with Crippen LogP contribution in [-0.4, -0.2) is 19.2 Å². The van der Waals surface area contributed by atoms with Crippen LogP contribution >= 0.6 is 0 Å². The van der Waals surface area contributed by atoms with Gasteiger partial charge in [0.15, 0.2) is 5.75 Å². The van der Waals surface area contributed by atoms with Gasteiger partial charge in [0, 0.05) is 25.1 Å². The molecular weight excluding hydrogens is 190 g/mol. The third-order valence-corrected chi connectivity index (χ3v) is 2.35. The van der Waals surface area contributed by atoms with E-state index < -0.39 is 0 Å². The Morgan fingerprint density at radius 2 is 2.33 bits per heavy atom. The summed E-state index contributed by atoms with van der Waals surface area (Å²) < 4.78 is 0. The lowest BCUT2D eigenvalue weighted by atomic mass is 10.1. The molecule has 15 heavy (non-hydrogen) atoms. The normalized spacial score (nSPS) is 19.1. The average Bonchev–Trinajstić information content (AvgIpc) is 2.29. The maximum absolute atomic E-state index is 5.25. The second kappa shape index (κ2) is 4.96. The molecule has 0 fully saturated rings. The molecule has 0 aromatic heterocycles. The third-order valence-electron chi connectivity index (χ3n) is 2.35. The highest BCUT2D eigenvalue weighted by Gasteiger charge is 2.20. The van der Waals surface area contributed by atoms with Crippen molar-refractivity contribution in [2.45, 2.75) is 12.5 Å². The van der Waals surface area contributed by atoms with Crippen LogP contribution < -0.4 is 10.2 Å². The fourth-order valence-electron chi connectivity index (χ4n) is 1.61. The number of nitrogens with one attached hydrogen (secondary N) is 1. The van der Waals surface area contributed by atoms with E-state index in [4.69, 9.17) is 9.78 Å². The minimum atomic E-state index is 0.0832. The van der Waals surface area contributed by atoms with Gasteiger partial charge in [0.1, 0.15) is 6.10 Å². The summed E-state index contributed by atoms with van der Waals surface area (Å²) in [5.41, 5.74) is 1.20. The van der Waals surface area contributed by atoms with Gasteiger partial charge in [-0.15, -0.1) is 6.58 Å². The van der Waals surface area contributed by atoms with Gasteiger partial charge in [-0.25, -0.2) is 0 Å². The average molecular weight is 205 g/mol. The molecule has 0 saturated heterocycles. The van der Waals surface area contributed by atoms with Gasteiger partial charge in [0.2, 0.25) is 0 Å². The molecule has 0 aliphatic carbocycles. The number of hydrogen-bond acceptors (Lipinski definition) is 3. The maximum Gasteiger partial charge on any atom is 0.168 e. The standard InChI is InChI=1S/C12H15NO2/c1-2-7-13-9-11-8-10-5-3-4-6-12(10)15-14-11/h2-6,11,13H,1,7-9H2. The summed E-state index contributed by atoms with van der Waals surface area (Å²) in [7, 11) is 0. The number of rotatable bonds is 4. The molecule has 3 nitrogen and oxygen atoms in total. The molecule has 0 bridgehead atoms. The van der Waals surface area contributed by atoms with Crippen molar-refractivity contribution in [3.8, 4) is 5.75 Å². The van der Waals surface area contributed by atoms with E-state index in [9.17, 15) is 0 Å². The van der Waals surface area contributed by atoms with Crippen molar-refractivity contribution in [3.05, 3.63) is 42.5 Å². The third kappa shape index (κ3) is 2.58. The van der Waals surface area contributed by atoms with Crippen molar-refractivity contribution in [2.75, 3.05) is 13.1 Å². The quantitative estimate of drug-likeness (QED) is 0.461. The van der Waals surface area contributed by atoms with Gasteiger partial charge in [-0.3, -0.25) is 0 Å². The zero-order chi connectivity index (χ0) is 10.5. The molecule has 0 radical (unpaired) electrons. The number of para-hydroxylation sites is 1. The molecule has 2 rings (SSSR count). The molecule has 80 valence electrons. The van der Waals surface area contributed by atoms with Gasteiger partial charge in [0.05, 0.1) is 0 Å². The summed E-state index contributed by atoms with van der Waals surface area (Å²) in [5, 5.41) is 3.21. The first-order valence-corrected chi connectivity index (χ1v) is 5.13. The Labute approximate surface area is 89.6 Å². The van der Waals surface area contributed by atoms with E-state index in [-0.39, 0.29) is 6.10 Å². The van der Waals surface area contributed by atoms with Gasteiger partial charge in [-0.1, -0.05) is 24.3 Å². The summed E-state index contributed by atoms with van der Waals surface area (Å²) in [4.78, 5) is 10.5. The molecule has 1 atom stereocenters. The van der Waals surface area contributed by atoms with Gasteiger partial charge < -0.3 is 10.2 Å². The van der Waals surface area contributed by atoms with E-state index >= 15 is 0 Å². The predicted molar refractivity (Wildman–Crippen MR) is 58.7 cm³/mol. The first-order chi connectivity index (χ1) is 7.40. The molecule has 1 aliphatic heterocycles. The zero-order valence-electron chi connectivity index (χ0n) is 8.61. The second-order valence-corrected chi connectivity index (χ2v) is 3.56. The fraction of sp³-hybridized carbons (Fsp3) is 0.333. The Balaban J connectivity index is 1.91. The number of benzene rings is 1. The molecule has 1 N–H and O–H groups in total. The van der Waals surface area contributed by atoms with Crippen LogP contribution in [0.15, 0.2) is 36.9 Å². The Bertz CT molecular complexity index is 338. The van der Waals surface area contributed by atoms with Gasteiger partial charge in [-0.2, -0.15) is 4.89 Å². The smallest absolute Gasteiger partial charge is 0.168 e. The van der Waals surface area contributed by atoms with Crippen molar-refractivity contribution >= 4 is 0 Å². The van der Waals surface area contributed by atoms with Gasteiger partial charge in [-0.05, 0) is 6.07 Å². The Morgan fingerprint density at radius 1 is 1.47 bits per heavy atom. The van der Waals surface area contributed by atoms with Gasteiger partial charge in [0.25, 0.3) is 0 Å². The molecule has 1 unspecified atom stereocenters. The van der Waals surface area contributed by atoms with E-state index in [1.807, 2.05) is 24.3 Å². The Hall–Kier alpha value is -1.32. The topological polar surface area (TPSA) is 30.5 Å². The van der Waals surface area contributed by atoms with Crippen LogP contribution in [0.25, 0.3) is 0 Å². The highest BCUT2D eigenvalue weighted by Crippen LogP contribution is 2.25. The summed E-state index contributed by atoms with van der Waals surface area (Å²) in [6.45, 7) is 5.22. The highest BCUT2D eigenvalue weighted by atomic mass is 17.2. The van der Waals surface area contributed by atoms with Crippen LogP contribution in [-0.2, 0) is 11.3 Å². The number of hydrogen-bond donors (Lipinski definition) is 1. The molecular formula is C12H15NO2. The summed E-state index contributed by atoms with van der Waals surface area (Å²) in [6.07, 6.45) is 2.80. The lowest BCUT2D eigenvalue weighted by Gasteiger charge is -2.23. The van der Waals surface area contributed by atoms with Crippen LogP contribution in [0, 0.1) is 0 Å². The second-order valence-electron chi connectivity index (χ2n) is 3.56. The summed E-state index contributed by atoms with van der Waals surface area (Å²) >= 11 is 0. The predicted octanol–water partition coefficient (Wildman–Crippen LogP) is 1.70. The lowest BCUT2D eigenvalue weighted by Crippen LogP contribution is -2.34. The van der Waals surface area contributed by atoms with Crippen LogP contribution in [0.2, 0.25) is 0 Å². The van der Waals surface area contributed by atoms with Crippen molar-refractivity contribution in [1.29, 1.82) is 0 Å². The molecule has 0 saturated carbocycles. The Morgan fingerprint density at radius 3 is 3.20 bits per heavy atom. The van der Waals surface area contributed by atoms with Crippen LogP contribution in [0.4, 0.5) is 0 Å².